The normalized spacial score (nSPS) is 16.5. The minimum atomic E-state index is -3.96. The quantitative estimate of drug-likeness (QED) is 0.784. The Kier molecular flexibility index (Phi) is 4.83. The number of carbonyl (C=O) groups is 1. The number of nitrogens with zero attached hydrogens (tertiary/aromatic N) is 1. The summed E-state index contributed by atoms with van der Waals surface area (Å²) in [5, 5.41) is 0. The average molecular weight is 441 g/mol. The van der Waals surface area contributed by atoms with Crippen LogP contribution in [0.4, 0.5) is 15.8 Å². The molecule has 1 atom stereocenters. The molecule has 0 fully saturated rings. The lowest BCUT2D eigenvalue weighted by atomic mass is 10.1. The largest absolute Gasteiger partial charge is 0.309 e. The molecule has 0 aromatic heterocycles. The average Bonchev–Trinajstić information content (AvgIpc) is 2.84. The first-order valence-corrected chi connectivity index (χ1v) is 10.3. The predicted molar refractivity (Wildman–Crippen MR) is 102 cm³/mol. The number of aryl methyl sites for hydroxylation is 1. The summed E-state index contributed by atoms with van der Waals surface area (Å²) >= 11 is 3.31. The van der Waals surface area contributed by atoms with Gasteiger partial charge in [0, 0.05) is 23.1 Å². The molecule has 0 bridgehead atoms. The zero-order chi connectivity index (χ0) is 19.2. The Labute approximate surface area is 160 Å². The van der Waals surface area contributed by atoms with E-state index in [1.807, 2.05) is 6.92 Å². The van der Waals surface area contributed by atoms with Crippen molar-refractivity contribution >= 4 is 43.2 Å². The first kappa shape index (κ1) is 18.8. The summed E-state index contributed by atoms with van der Waals surface area (Å²) in [6, 6.07) is 7.31. The molecule has 1 aliphatic heterocycles. The number of amides is 1. The molecule has 1 aliphatic rings. The number of anilines is 2. The van der Waals surface area contributed by atoms with Gasteiger partial charge < -0.3 is 4.90 Å². The Bertz CT molecular complexity index is 1010. The predicted octanol–water partition coefficient (Wildman–Crippen LogP) is 3.99. The highest BCUT2D eigenvalue weighted by atomic mass is 79.9. The van der Waals surface area contributed by atoms with Gasteiger partial charge in [-0.25, -0.2) is 12.8 Å². The fraction of sp³-hybridized carbons (Fsp3) is 0.278. The Hall–Kier alpha value is -1.93. The molecule has 2 aromatic rings. The van der Waals surface area contributed by atoms with E-state index < -0.39 is 15.8 Å². The smallest absolute Gasteiger partial charge is 0.263 e. The molecule has 0 saturated heterocycles. The highest BCUT2D eigenvalue weighted by Gasteiger charge is 2.32. The molecular weight excluding hydrogens is 423 g/mol. The summed E-state index contributed by atoms with van der Waals surface area (Å²) in [7, 11) is -3.96. The van der Waals surface area contributed by atoms with E-state index in [0.717, 1.165) is 11.6 Å². The lowest BCUT2D eigenvalue weighted by Crippen LogP contribution is -2.33. The van der Waals surface area contributed by atoms with Gasteiger partial charge in [0.15, 0.2) is 0 Å². The molecule has 1 N–H and O–H groups in total. The molecule has 0 aliphatic carbocycles. The summed E-state index contributed by atoms with van der Waals surface area (Å²) in [5.74, 6) is -0.634. The Morgan fingerprint density at radius 1 is 1.31 bits per heavy atom. The molecule has 1 heterocycles. The van der Waals surface area contributed by atoms with Crippen LogP contribution in [0.3, 0.4) is 0 Å². The van der Waals surface area contributed by atoms with Gasteiger partial charge in [-0.3, -0.25) is 9.52 Å². The lowest BCUT2D eigenvalue weighted by molar-refractivity contribution is -0.116. The second-order valence-electron chi connectivity index (χ2n) is 6.42. The van der Waals surface area contributed by atoms with E-state index in [0.29, 0.717) is 22.1 Å². The molecule has 1 amide bonds. The number of benzene rings is 2. The third-order valence-corrected chi connectivity index (χ3v) is 6.74. The van der Waals surface area contributed by atoms with Crippen LogP contribution in [0.5, 0.6) is 0 Å². The van der Waals surface area contributed by atoms with Crippen LogP contribution in [-0.2, 0) is 21.2 Å². The van der Waals surface area contributed by atoms with E-state index in [-0.39, 0.29) is 22.5 Å². The van der Waals surface area contributed by atoms with E-state index in [9.17, 15) is 17.6 Å². The summed E-state index contributed by atoms with van der Waals surface area (Å²) in [4.78, 5) is 13.5. The van der Waals surface area contributed by atoms with E-state index in [1.54, 1.807) is 17.9 Å². The monoisotopic (exact) mass is 440 g/mol. The van der Waals surface area contributed by atoms with Crippen molar-refractivity contribution in [3.05, 3.63) is 51.7 Å². The lowest BCUT2D eigenvalue weighted by Gasteiger charge is -2.21. The van der Waals surface area contributed by atoms with Crippen molar-refractivity contribution in [2.24, 2.45) is 0 Å². The fourth-order valence-electron chi connectivity index (χ4n) is 3.17. The minimum absolute atomic E-state index is 0.00224. The van der Waals surface area contributed by atoms with Crippen LogP contribution in [0, 0.1) is 12.7 Å². The molecule has 5 nitrogen and oxygen atoms in total. The maximum absolute atomic E-state index is 13.7. The maximum Gasteiger partial charge on any atom is 0.263 e. The maximum atomic E-state index is 13.7. The van der Waals surface area contributed by atoms with Gasteiger partial charge in [0.05, 0.1) is 5.69 Å². The van der Waals surface area contributed by atoms with Gasteiger partial charge in [0.2, 0.25) is 5.91 Å². The third-order valence-electron chi connectivity index (χ3n) is 4.40. The number of carbonyl (C=O) groups excluding carboxylic acids is 1. The van der Waals surface area contributed by atoms with Gasteiger partial charge in [-0.05, 0) is 71.6 Å². The second kappa shape index (κ2) is 6.66. The van der Waals surface area contributed by atoms with Crippen molar-refractivity contribution in [2.75, 3.05) is 9.62 Å². The van der Waals surface area contributed by atoms with Crippen molar-refractivity contribution < 1.29 is 17.6 Å². The number of rotatable bonds is 3. The number of nitrogens with one attached hydrogen (secondary N) is 1. The van der Waals surface area contributed by atoms with Crippen molar-refractivity contribution in [2.45, 2.75) is 38.1 Å². The Morgan fingerprint density at radius 2 is 2.00 bits per heavy atom. The van der Waals surface area contributed by atoms with Crippen molar-refractivity contribution in [3.8, 4) is 0 Å². The molecule has 8 heteroatoms. The zero-order valence-corrected chi connectivity index (χ0v) is 16.9. The van der Waals surface area contributed by atoms with Crippen LogP contribution in [0.15, 0.2) is 39.7 Å². The summed E-state index contributed by atoms with van der Waals surface area (Å²) in [6.07, 6.45) is 0.657. The summed E-state index contributed by atoms with van der Waals surface area (Å²) in [5.41, 5.74) is 2.05. The van der Waals surface area contributed by atoms with E-state index in [2.05, 4.69) is 20.7 Å². The Morgan fingerprint density at radius 3 is 2.62 bits per heavy atom. The van der Waals surface area contributed by atoms with E-state index in [4.69, 9.17) is 0 Å². The SMILES string of the molecule is CC(=O)N1c2cc(S(=O)(=O)Nc3ccc(C)c(F)c3)c(Br)cc2C[C@H]1C. The summed E-state index contributed by atoms with van der Waals surface area (Å²) in [6.45, 7) is 4.97. The Balaban J connectivity index is 2.03. The number of hydrogen-bond donors (Lipinski definition) is 1. The minimum Gasteiger partial charge on any atom is -0.309 e. The standard InChI is InChI=1S/C18H18BrFN2O3S/c1-10-4-5-14(8-16(10)20)21-26(24,25)18-9-17-13(7-15(18)19)6-11(2)22(17)12(3)23/h4-5,7-9,11,21H,6H2,1-3H3/t11-/m1/s1. The topological polar surface area (TPSA) is 66.5 Å². The van der Waals surface area contributed by atoms with Crippen molar-refractivity contribution in [1.82, 2.24) is 0 Å². The number of sulfonamides is 1. The van der Waals surface area contributed by atoms with Gasteiger partial charge in [0.1, 0.15) is 10.7 Å². The molecule has 2 aromatic carbocycles. The molecule has 3 rings (SSSR count). The van der Waals surface area contributed by atoms with E-state index >= 15 is 0 Å². The molecular formula is C18H18BrFN2O3S. The van der Waals surface area contributed by atoms with Crippen molar-refractivity contribution in [3.63, 3.8) is 0 Å². The summed E-state index contributed by atoms with van der Waals surface area (Å²) < 4.78 is 42.1. The van der Waals surface area contributed by atoms with Crippen molar-refractivity contribution in [1.29, 1.82) is 0 Å². The van der Waals surface area contributed by atoms with Gasteiger partial charge in [-0.15, -0.1) is 0 Å². The van der Waals surface area contributed by atoms with Crippen LogP contribution in [-0.4, -0.2) is 20.4 Å². The highest BCUT2D eigenvalue weighted by Crippen LogP contribution is 2.38. The van der Waals surface area contributed by atoms with E-state index in [1.165, 1.54) is 25.1 Å². The zero-order valence-electron chi connectivity index (χ0n) is 14.5. The number of hydrogen-bond acceptors (Lipinski definition) is 3. The van der Waals surface area contributed by atoms with Gasteiger partial charge in [-0.1, -0.05) is 6.07 Å². The first-order valence-electron chi connectivity index (χ1n) is 8.01. The first-order chi connectivity index (χ1) is 12.1. The molecule has 26 heavy (non-hydrogen) atoms. The number of fused-ring (bicyclic) bond motifs is 1. The van der Waals surface area contributed by atoms with Crippen LogP contribution >= 0.6 is 15.9 Å². The van der Waals surface area contributed by atoms with Crippen LogP contribution in [0.1, 0.15) is 25.0 Å². The van der Waals surface area contributed by atoms with Crippen LogP contribution < -0.4 is 9.62 Å². The fourth-order valence-corrected chi connectivity index (χ4v) is 5.33. The van der Waals surface area contributed by atoms with Crippen LogP contribution in [0.25, 0.3) is 0 Å². The molecule has 0 radical (unpaired) electrons. The van der Waals surface area contributed by atoms with Gasteiger partial charge in [0.25, 0.3) is 10.0 Å². The highest BCUT2D eigenvalue weighted by molar-refractivity contribution is 9.10. The second-order valence-corrected chi connectivity index (χ2v) is 8.93. The third kappa shape index (κ3) is 3.35. The number of halogens is 2. The van der Waals surface area contributed by atoms with Gasteiger partial charge in [-0.2, -0.15) is 0 Å². The van der Waals surface area contributed by atoms with Gasteiger partial charge >= 0.3 is 0 Å². The molecule has 138 valence electrons. The molecule has 0 unspecified atom stereocenters. The van der Waals surface area contributed by atoms with Crippen LogP contribution in [0.2, 0.25) is 0 Å². The molecule has 0 spiro atoms. The molecule has 0 saturated carbocycles.